The van der Waals surface area contributed by atoms with Crippen LogP contribution in [0.1, 0.15) is 26.3 Å². The van der Waals surface area contributed by atoms with Crippen molar-refractivity contribution in [3.63, 3.8) is 0 Å². The summed E-state index contributed by atoms with van der Waals surface area (Å²) in [5.74, 6) is 0.376. The van der Waals surface area contributed by atoms with Crippen molar-refractivity contribution < 1.29 is 19.4 Å². The standard InChI is InChI=1S/C28H31N3O4.2ClH/c1-20-6-2-3-11-25(20)35-19-22(32)18-30-14-12-29(13-15-30)16-17-31-27(33)23-9-4-7-21-8-5-10-24(26(21)23)28(31)34;;/h2-11,22,32H,12-19H2,1H3;2*1H. The van der Waals surface area contributed by atoms with E-state index in [1.165, 1.54) is 4.90 Å². The molecule has 2 aliphatic heterocycles. The lowest BCUT2D eigenvalue weighted by Crippen LogP contribution is -2.51. The second-order valence-electron chi connectivity index (χ2n) is 9.34. The van der Waals surface area contributed by atoms with Crippen LogP contribution in [-0.4, -0.2) is 90.1 Å². The van der Waals surface area contributed by atoms with Crippen LogP contribution in [0.5, 0.6) is 5.75 Å². The minimum atomic E-state index is -0.562. The van der Waals surface area contributed by atoms with Crippen LogP contribution in [0.15, 0.2) is 60.7 Å². The van der Waals surface area contributed by atoms with Gasteiger partial charge in [0.2, 0.25) is 0 Å². The normalized spacial score (nSPS) is 16.8. The molecule has 5 rings (SSSR count). The number of benzene rings is 3. The maximum Gasteiger partial charge on any atom is 0.261 e. The monoisotopic (exact) mass is 545 g/mol. The Morgan fingerprint density at radius 1 is 0.811 bits per heavy atom. The largest absolute Gasteiger partial charge is 0.491 e. The molecule has 2 amide bonds. The molecule has 1 atom stereocenters. The number of β-amino-alcohol motifs (C(OH)–C–C–N with tert-alkyl or cyclic N) is 1. The number of para-hydroxylation sites is 1. The highest BCUT2D eigenvalue weighted by Crippen LogP contribution is 2.29. The van der Waals surface area contributed by atoms with Gasteiger partial charge in [0.25, 0.3) is 11.8 Å². The Kier molecular flexibility index (Phi) is 9.93. The van der Waals surface area contributed by atoms with E-state index in [0.29, 0.717) is 30.8 Å². The van der Waals surface area contributed by atoms with Crippen molar-refractivity contribution in [1.29, 1.82) is 0 Å². The fourth-order valence-electron chi connectivity index (χ4n) is 4.98. The summed E-state index contributed by atoms with van der Waals surface area (Å²) in [6, 6.07) is 19.0. The van der Waals surface area contributed by atoms with E-state index in [1.807, 2.05) is 55.5 Å². The van der Waals surface area contributed by atoms with Crippen molar-refractivity contribution in [2.45, 2.75) is 13.0 Å². The van der Waals surface area contributed by atoms with E-state index < -0.39 is 6.10 Å². The number of piperazine rings is 1. The number of ether oxygens (including phenoxy) is 1. The number of amides is 2. The Morgan fingerprint density at radius 2 is 1.41 bits per heavy atom. The molecule has 7 nitrogen and oxygen atoms in total. The summed E-state index contributed by atoms with van der Waals surface area (Å²) in [6.45, 7) is 7.13. The van der Waals surface area contributed by atoms with Gasteiger partial charge in [-0.25, -0.2) is 0 Å². The molecule has 0 aliphatic carbocycles. The molecule has 1 N–H and O–H groups in total. The highest BCUT2D eigenvalue weighted by atomic mass is 35.5. The lowest BCUT2D eigenvalue weighted by Gasteiger charge is -2.36. The third-order valence-electron chi connectivity index (χ3n) is 6.95. The molecule has 0 spiro atoms. The number of rotatable bonds is 8. The molecule has 198 valence electrons. The van der Waals surface area contributed by atoms with E-state index in [0.717, 1.165) is 48.3 Å². The van der Waals surface area contributed by atoms with Crippen LogP contribution in [0.3, 0.4) is 0 Å². The van der Waals surface area contributed by atoms with Gasteiger partial charge in [-0.2, -0.15) is 0 Å². The van der Waals surface area contributed by atoms with Gasteiger partial charge in [0.1, 0.15) is 18.5 Å². The highest BCUT2D eigenvalue weighted by molar-refractivity contribution is 6.25. The van der Waals surface area contributed by atoms with Crippen molar-refractivity contribution in [2.75, 3.05) is 52.4 Å². The molecule has 1 saturated heterocycles. The predicted octanol–water partition coefficient (Wildman–Crippen LogP) is 3.65. The summed E-state index contributed by atoms with van der Waals surface area (Å²) < 4.78 is 5.78. The Labute approximate surface area is 229 Å². The van der Waals surface area contributed by atoms with E-state index >= 15 is 0 Å². The second-order valence-corrected chi connectivity index (χ2v) is 9.34. The Balaban J connectivity index is 0.00000190. The van der Waals surface area contributed by atoms with Crippen molar-refractivity contribution in [2.24, 2.45) is 0 Å². The molecule has 3 aromatic carbocycles. The van der Waals surface area contributed by atoms with E-state index in [9.17, 15) is 14.7 Å². The van der Waals surface area contributed by atoms with E-state index in [4.69, 9.17) is 4.74 Å². The summed E-state index contributed by atoms with van der Waals surface area (Å²) in [5.41, 5.74) is 2.26. The lowest BCUT2D eigenvalue weighted by molar-refractivity contribution is 0.0415. The quantitative estimate of drug-likeness (QED) is 0.435. The number of nitrogens with zero attached hydrogens (tertiary/aromatic N) is 3. The number of imide groups is 1. The average molecular weight is 546 g/mol. The molecule has 3 aromatic rings. The number of halogens is 2. The second kappa shape index (κ2) is 12.7. The number of aliphatic hydroxyl groups excluding tert-OH is 1. The summed E-state index contributed by atoms with van der Waals surface area (Å²) in [6.07, 6.45) is -0.562. The van der Waals surface area contributed by atoms with Gasteiger partial charge in [-0.15, -0.1) is 24.8 Å². The molecule has 0 aromatic heterocycles. The molecule has 0 saturated carbocycles. The van der Waals surface area contributed by atoms with Gasteiger partial charge in [0.05, 0.1) is 0 Å². The topological polar surface area (TPSA) is 73.3 Å². The van der Waals surface area contributed by atoms with Gasteiger partial charge in [0.15, 0.2) is 0 Å². The maximum atomic E-state index is 13.1. The zero-order valence-corrected chi connectivity index (χ0v) is 22.5. The van der Waals surface area contributed by atoms with E-state index in [1.54, 1.807) is 12.1 Å². The van der Waals surface area contributed by atoms with Crippen molar-refractivity contribution in [3.05, 3.63) is 77.4 Å². The van der Waals surface area contributed by atoms with Crippen molar-refractivity contribution >= 4 is 47.4 Å². The molecule has 0 bridgehead atoms. The first kappa shape index (κ1) is 28.9. The first-order valence-corrected chi connectivity index (χ1v) is 12.2. The number of hydrogen-bond donors (Lipinski definition) is 1. The van der Waals surface area contributed by atoms with Gasteiger partial charge >= 0.3 is 0 Å². The Morgan fingerprint density at radius 3 is 2.03 bits per heavy atom. The Hall–Kier alpha value is -2.68. The van der Waals surface area contributed by atoms with Gasteiger partial charge in [-0.3, -0.25) is 24.3 Å². The molecule has 9 heteroatoms. The van der Waals surface area contributed by atoms with Crippen LogP contribution in [0.25, 0.3) is 10.8 Å². The number of hydrogen-bond acceptors (Lipinski definition) is 6. The first-order chi connectivity index (χ1) is 17.0. The SMILES string of the molecule is Cc1ccccc1OCC(O)CN1CCN(CCN2C(=O)c3cccc4cccc(c34)C2=O)CC1.Cl.Cl. The fraction of sp³-hybridized carbons (Fsp3) is 0.357. The predicted molar refractivity (Wildman–Crippen MR) is 149 cm³/mol. The average Bonchev–Trinajstić information content (AvgIpc) is 2.87. The summed E-state index contributed by atoms with van der Waals surface area (Å²) in [5, 5.41) is 12.1. The van der Waals surface area contributed by atoms with Crippen LogP contribution in [0, 0.1) is 6.92 Å². The summed E-state index contributed by atoms with van der Waals surface area (Å²) in [7, 11) is 0. The Bertz CT molecular complexity index is 1200. The van der Waals surface area contributed by atoms with Crippen LogP contribution in [-0.2, 0) is 0 Å². The molecular formula is C28H33Cl2N3O4. The van der Waals surface area contributed by atoms with Gasteiger partial charge in [-0.05, 0) is 36.1 Å². The first-order valence-electron chi connectivity index (χ1n) is 12.2. The third kappa shape index (κ3) is 6.25. The maximum absolute atomic E-state index is 13.1. The molecule has 1 unspecified atom stereocenters. The fourth-order valence-corrected chi connectivity index (χ4v) is 4.98. The minimum Gasteiger partial charge on any atom is -0.491 e. The molecule has 1 fully saturated rings. The van der Waals surface area contributed by atoms with Gasteiger partial charge < -0.3 is 9.84 Å². The van der Waals surface area contributed by atoms with Gasteiger partial charge in [-0.1, -0.05) is 42.5 Å². The molecule has 2 aliphatic rings. The molecular weight excluding hydrogens is 513 g/mol. The van der Waals surface area contributed by atoms with Crippen LogP contribution in [0.2, 0.25) is 0 Å². The number of aryl methyl sites for hydroxylation is 1. The third-order valence-corrected chi connectivity index (χ3v) is 6.95. The highest BCUT2D eigenvalue weighted by Gasteiger charge is 2.33. The number of carbonyl (C=O) groups excluding carboxylic acids is 2. The van der Waals surface area contributed by atoms with E-state index in [-0.39, 0.29) is 43.2 Å². The zero-order chi connectivity index (χ0) is 24.4. The van der Waals surface area contributed by atoms with Crippen molar-refractivity contribution in [3.8, 4) is 5.75 Å². The summed E-state index contributed by atoms with van der Waals surface area (Å²) >= 11 is 0. The van der Waals surface area contributed by atoms with E-state index in [2.05, 4.69) is 9.80 Å². The van der Waals surface area contributed by atoms with Crippen LogP contribution in [0.4, 0.5) is 0 Å². The number of aliphatic hydroxyl groups is 1. The number of carbonyl (C=O) groups is 2. The molecule has 0 radical (unpaired) electrons. The molecule has 2 heterocycles. The zero-order valence-electron chi connectivity index (χ0n) is 20.8. The van der Waals surface area contributed by atoms with Crippen LogP contribution >= 0.6 is 24.8 Å². The lowest BCUT2D eigenvalue weighted by atomic mass is 9.94. The van der Waals surface area contributed by atoms with Gasteiger partial charge in [0, 0.05) is 62.3 Å². The van der Waals surface area contributed by atoms with Crippen LogP contribution < -0.4 is 4.74 Å². The smallest absolute Gasteiger partial charge is 0.261 e. The van der Waals surface area contributed by atoms with Crippen molar-refractivity contribution in [1.82, 2.24) is 14.7 Å². The minimum absolute atomic E-state index is 0. The summed E-state index contributed by atoms with van der Waals surface area (Å²) in [4.78, 5) is 32.1. The molecule has 37 heavy (non-hydrogen) atoms.